The predicted octanol–water partition coefficient (Wildman–Crippen LogP) is 2.63. The van der Waals surface area contributed by atoms with Crippen molar-refractivity contribution in [2.24, 2.45) is 0 Å². The molecule has 1 heterocycles. The fourth-order valence-corrected chi connectivity index (χ4v) is 3.16. The molecule has 0 saturated carbocycles. The van der Waals surface area contributed by atoms with E-state index < -0.39 is 12.1 Å². The number of halogens is 1. The molecule has 2 unspecified atom stereocenters. The second-order valence-corrected chi connectivity index (χ2v) is 6.18. The van der Waals surface area contributed by atoms with Crippen LogP contribution in [0.15, 0.2) is 48.5 Å². The van der Waals surface area contributed by atoms with E-state index in [1.807, 2.05) is 31.2 Å². The van der Waals surface area contributed by atoms with E-state index in [2.05, 4.69) is 16.0 Å². The number of ether oxygens (including phenoxy) is 1. The Morgan fingerprint density at radius 2 is 1.77 bits per heavy atom. The molecule has 3 N–H and O–H groups in total. The number of anilines is 1. The lowest BCUT2D eigenvalue weighted by Gasteiger charge is -2.22. The predicted molar refractivity (Wildman–Crippen MR) is 95.7 cm³/mol. The maximum absolute atomic E-state index is 12.9. The van der Waals surface area contributed by atoms with E-state index in [-0.39, 0.29) is 23.7 Å². The van der Waals surface area contributed by atoms with Gasteiger partial charge < -0.3 is 20.7 Å². The van der Waals surface area contributed by atoms with Gasteiger partial charge in [-0.2, -0.15) is 0 Å². The number of hydrogen-bond acceptors (Lipinski definition) is 3. The van der Waals surface area contributed by atoms with Crippen LogP contribution in [-0.2, 0) is 4.79 Å². The summed E-state index contributed by atoms with van der Waals surface area (Å²) in [6.07, 6.45) is 0. The third-order valence-corrected chi connectivity index (χ3v) is 4.44. The SMILES string of the molecule is COc1ccc([C@H]2C(C)NC(=O)C2NC(=O)Nc2ccc(F)cc2)cc1. The molecular formula is C19H20FN3O3. The summed E-state index contributed by atoms with van der Waals surface area (Å²) in [7, 11) is 1.59. The van der Waals surface area contributed by atoms with E-state index >= 15 is 0 Å². The lowest BCUT2D eigenvalue weighted by molar-refractivity contribution is -0.120. The van der Waals surface area contributed by atoms with Crippen LogP contribution in [0.5, 0.6) is 5.75 Å². The molecular weight excluding hydrogens is 337 g/mol. The lowest BCUT2D eigenvalue weighted by Crippen LogP contribution is -2.44. The lowest BCUT2D eigenvalue weighted by atomic mass is 9.89. The summed E-state index contributed by atoms with van der Waals surface area (Å²) in [5, 5.41) is 8.18. The monoisotopic (exact) mass is 357 g/mol. The van der Waals surface area contributed by atoms with Gasteiger partial charge in [0, 0.05) is 17.6 Å². The zero-order valence-corrected chi connectivity index (χ0v) is 14.5. The minimum atomic E-state index is -0.709. The summed E-state index contributed by atoms with van der Waals surface area (Å²) in [5.74, 6) is -0.128. The molecule has 0 bridgehead atoms. The largest absolute Gasteiger partial charge is 0.497 e. The quantitative estimate of drug-likeness (QED) is 0.787. The summed E-state index contributed by atoms with van der Waals surface area (Å²) in [5.41, 5.74) is 1.36. The van der Waals surface area contributed by atoms with Gasteiger partial charge >= 0.3 is 6.03 Å². The highest BCUT2D eigenvalue weighted by Gasteiger charge is 2.41. The third kappa shape index (κ3) is 3.77. The van der Waals surface area contributed by atoms with Gasteiger partial charge in [0.15, 0.2) is 0 Å². The minimum absolute atomic E-state index is 0.132. The Labute approximate surface area is 150 Å². The summed E-state index contributed by atoms with van der Waals surface area (Å²) in [4.78, 5) is 24.6. The topological polar surface area (TPSA) is 79.5 Å². The zero-order chi connectivity index (χ0) is 18.7. The highest BCUT2D eigenvalue weighted by Crippen LogP contribution is 2.30. The van der Waals surface area contributed by atoms with Crippen molar-refractivity contribution >= 4 is 17.6 Å². The van der Waals surface area contributed by atoms with Gasteiger partial charge in [0.2, 0.25) is 5.91 Å². The van der Waals surface area contributed by atoms with Crippen LogP contribution in [0.25, 0.3) is 0 Å². The molecule has 0 radical (unpaired) electrons. The number of methoxy groups -OCH3 is 1. The van der Waals surface area contributed by atoms with Gasteiger partial charge in [0.25, 0.3) is 0 Å². The summed E-state index contributed by atoms with van der Waals surface area (Å²) in [6, 6.07) is 11.4. The Bertz CT molecular complexity index is 793. The molecule has 0 aromatic heterocycles. The van der Waals surface area contributed by atoms with Gasteiger partial charge in [-0.3, -0.25) is 4.79 Å². The molecule has 26 heavy (non-hydrogen) atoms. The van der Waals surface area contributed by atoms with Crippen molar-refractivity contribution in [1.82, 2.24) is 10.6 Å². The van der Waals surface area contributed by atoms with Crippen molar-refractivity contribution in [3.63, 3.8) is 0 Å². The number of carbonyl (C=O) groups is 2. The maximum Gasteiger partial charge on any atom is 0.319 e. The normalized spacial score (nSPS) is 21.8. The first-order valence-electron chi connectivity index (χ1n) is 8.25. The number of nitrogens with one attached hydrogen (secondary N) is 3. The number of amides is 3. The van der Waals surface area contributed by atoms with Crippen LogP contribution < -0.4 is 20.7 Å². The Hall–Kier alpha value is -3.09. The van der Waals surface area contributed by atoms with Gasteiger partial charge in [-0.05, 0) is 48.9 Å². The summed E-state index contributed by atoms with van der Waals surface area (Å²) < 4.78 is 18.1. The molecule has 7 heteroatoms. The molecule has 6 nitrogen and oxygen atoms in total. The van der Waals surface area contributed by atoms with Gasteiger partial charge in [-0.1, -0.05) is 12.1 Å². The molecule has 2 aromatic rings. The van der Waals surface area contributed by atoms with Gasteiger partial charge in [-0.15, -0.1) is 0 Å². The van der Waals surface area contributed by atoms with E-state index in [9.17, 15) is 14.0 Å². The summed E-state index contributed by atoms with van der Waals surface area (Å²) >= 11 is 0. The van der Waals surface area contributed by atoms with E-state index in [0.29, 0.717) is 5.69 Å². The van der Waals surface area contributed by atoms with Crippen molar-refractivity contribution in [2.75, 3.05) is 12.4 Å². The van der Waals surface area contributed by atoms with Crippen LogP contribution in [0.3, 0.4) is 0 Å². The van der Waals surface area contributed by atoms with Crippen molar-refractivity contribution in [1.29, 1.82) is 0 Å². The third-order valence-electron chi connectivity index (χ3n) is 4.44. The number of hydrogen-bond donors (Lipinski definition) is 3. The smallest absolute Gasteiger partial charge is 0.319 e. The number of carbonyl (C=O) groups excluding carboxylic acids is 2. The first-order valence-corrected chi connectivity index (χ1v) is 8.25. The molecule has 3 rings (SSSR count). The van der Waals surface area contributed by atoms with E-state index in [1.165, 1.54) is 24.3 Å². The number of urea groups is 1. The second kappa shape index (κ2) is 7.43. The van der Waals surface area contributed by atoms with Gasteiger partial charge in [0.05, 0.1) is 7.11 Å². The molecule has 1 saturated heterocycles. The first-order chi connectivity index (χ1) is 12.5. The zero-order valence-electron chi connectivity index (χ0n) is 14.5. The highest BCUT2D eigenvalue weighted by molar-refractivity contribution is 5.95. The van der Waals surface area contributed by atoms with Crippen molar-refractivity contribution in [3.05, 3.63) is 59.9 Å². The summed E-state index contributed by atoms with van der Waals surface area (Å²) in [6.45, 7) is 1.90. The fourth-order valence-electron chi connectivity index (χ4n) is 3.16. The van der Waals surface area contributed by atoms with Crippen LogP contribution in [0.1, 0.15) is 18.4 Å². The first kappa shape index (κ1) is 17.7. The van der Waals surface area contributed by atoms with Gasteiger partial charge in [-0.25, -0.2) is 9.18 Å². The standard InChI is InChI=1S/C19H20FN3O3/c1-11-16(12-3-9-15(26-2)10-4-12)17(18(24)21-11)23-19(25)22-14-7-5-13(20)6-8-14/h3-11,16-17H,1-2H3,(H,21,24)(H2,22,23,25)/t11?,16-,17?/m1/s1. The van der Waals surface area contributed by atoms with E-state index in [0.717, 1.165) is 11.3 Å². The fraction of sp³-hybridized carbons (Fsp3) is 0.263. The van der Waals surface area contributed by atoms with Crippen LogP contribution in [-0.4, -0.2) is 31.1 Å². The molecule has 3 amide bonds. The molecule has 0 spiro atoms. The molecule has 1 fully saturated rings. The van der Waals surface area contributed by atoms with Crippen LogP contribution in [0.2, 0.25) is 0 Å². The Kier molecular flexibility index (Phi) is 5.06. The minimum Gasteiger partial charge on any atom is -0.497 e. The van der Waals surface area contributed by atoms with Gasteiger partial charge in [0.1, 0.15) is 17.6 Å². The average Bonchev–Trinajstić information content (AvgIpc) is 2.90. The Morgan fingerprint density at radius 1 is 1.12 bits per heavy atom. The number of benzene rings is 2. The second-order valence-electron chi connectivity index (χ2n) is 6.18. The maximum atomic E-state index is 12.9. The molecule has 2 aromatic carbocycles. The Balaban J connectivity index is 1.73. The van der Waals surface area contributed by atoms with E-state index in [4.69, 9.17) is 4.74 Å². The molecule has 0 aliphatic carbocycles. The molecule has 136 valence electrons. The van der Waals surface area contributed by atoms with Crippen molar-refractivity contribution < 1.29 is 18.7 Å². The van der Waals surface area contributed by atoms with Crippen molar-refractivity contribution in [3.8, 4) is 5.75 Å². The van der Waals surface area contributed by atoms with Crippen LogP contribution >= 0.6 is 0 Å². The number of rotatable bonds is 4. The van der Waals surface area contributed by atoms with Crippen molar-refractivity contribution in [2.45, 2.75) is 24.9 Å². The molecule has 1 aliphatic heterocycles. The average molecular weight is 357 g/mol. The van der Waals surface area contributed by atoms with Crippen LogP contribution in [0.4, 0.5) is 14.9 Å². The Morgan fingerprint density at radius 3 is 2.38 bits per heavy atom. The molecule has 3 atom stereocenters. The molecule has 1 aliphatic rings. The van der Waals surface area contributed by atoms with E-state index in [1.54, 1.807) is 7.11 Å². The van der Waals surface area contributed by atoms with Crippen LogP contribution in [0, 0.1) is 5.82 Å². The highest BCUT2D eigenvalue weighted by atomic mass is 19.1.